The molecule has 1 aliphatic rings. The summed E-state index contributed by atoms with van der Waals surface area (Å²) in [6.45, 7) is 0.277. The fourth-order valence-corrected chi connectivity index (χ4v) is 2.51. The lowest BCUT2D eigenvalue weighted by molar-refractivity contribution is -0.131. The Hall–Kier alpha value is -2.22. The molecule has 22 heavy (non-hydrogen) atoms. The fourth-order valence-electron chi connectivity index (χ4n) is 2.51. The van der Waals surface area contributed by atoms with E-state index in [9.17, 15) is 19.1 Å². The van der Waals surface area contributed by atoms with Gasteiger partial charge in [0.2, 0.25) is 5.91 Å². The third-order valence-corrected chi connectivity index (χ3v) is 3.53. The van der Waals surface area contributed by atoms with Crippen molar-refractivity contribution >= 4 is 11.8 Å². The van der Waals surface area contributed by atoms with Crippen LogP contribution in [0, 0.1) is 0 Å². The number of aromatic hydroxyl groups is 1. The molecule has 0 saturated carbocycles. The Morgan fingerprint density at radius 3 is 3.00 bits per heavy atom. The van der Waals surface area contributed by atoms with E-state index in [0.717, 1.165) is 0 Å². The zero-order valence-electron chi connectivity index (χ0n) is 12.3. The number of nitrogens with zero attached hydrogens (tertiary/aromatic N) is 2. The first kappa shape index (κ1) is 16.2. The van der Waals surface area contributed by atoms with Gasteiger partial charge in [0.05, 0.1) is 13.1 Å². The van der Waals surface area contributed by atoms with E-state index in [4.69, 9.17) is 0 Å². The molecule has 0 unspecified atom stereocenters. The highest BCUT2D eigenvalue weighted by Gasteiger charge is 2.34. The average Bonchev–Trinajstić information content (AvgIpc) is 2.86. The quantitative estimate of drug-likeness (QED) is 0.693. The Balaban J connectivity index is 1.92. The molecule has 2 amide bonds. The van der Waals surface area contributed by atoms with Gasteiger partial charge in [-0.2, -0.15) is 0 Å². The van der Waals surface area contributed by atoms with Crippen LogP contribution < -0.4 is 10.6 Å². The number of aromatic nitrogens is 1. The Kier molecular flexibility index (Phi) is 5.26. The van der Waals surface area contributed by atoms with Crippen molar-refractivity contribution in [2.24, 2.45) is 0 Å². The lowest BCUT2D eigenvalue weighted by Crippen LogP contribution is -2.45. The SMILES string of the molecule is CNC[C@@H]1C[C@H](F)CN1C(=O)CNC(=O)c1ncccc1O. The summed E-state index contributed by atoms with van der Waals surface area (Å²) in [7, 11) is 1.74. The minimum Gasteiger partial charge on any atom is -0.505 e. The number of likely N-dealkylation sites (tertiary alicyclic amines) is 1. The summed E-state index contributed by atoms with van der Waals surface area (Å²) in [6.07, 6.45) is 0.618. The van der Waals surface area contributed by atoms with E-state index >= 15 is 0 Å². The predicted molar refractivity (Wildman–Crippen MR) is 77.2 cm³/mol. The smallest absolute Gasteiger partial charge is 0.274 e. The maximum absolute atomic E-state index is 13.5. The lowest BCUT2D eigenvalue weighted by atomic mass is 10.2. The molecule has 7 nitrogen and oxygen atoms in total. The Morgan fingerprint density at radius 2 is 2.32 bits per heavy atom. The minimum absolute atomic E-state index is 0.0376. The van der Waals surface area contributed by atoms with E-state index in [1.54, 1.807) is 7.05 Å². The molecule has 120 valence electrons. The summed E-state index contributed by atoms with van der Waals surface area (Å²) in [5.41, 5.74) is -0.146. The van der Waals surface area contributed by atoms with Crippen LogP contribution in [0.2, 0.25) is 0 Å². The molecule has 0 spiro atoms. The number of amides is 2. The van der Waals surface area contributed by atoms with Crippen molar-refractivity contribution in [2.45, 2.75) is 18.6 Å². The van der Waals surface area contributed by atoms with Crippen LogP contribution in [0.25, 0.3) is 0 Å². The van der Waals surface area contributed by atoms with Crippen LogP contribution in [-0.2, 0) is 4.79 Å². The first-order chi connectivity index (χ1) is 10.5. The molecule has 1 saturated heterocycles. The van der Waals surface area contributed by atoms with Crippen LogP contribution >= 0.6 is 0 Å². The second kappa shape index (κ2) is 7.17. The number of hydrogen-bond acceptors (Lipinski definition) is 5. The molecular weight excluding hydrogens is 291 g/mol. The standard InChI is InChI=1S/C14H19FN4O3/c1-16-6-10-5-9(15)8-19(10)12(21)7-18-14(22)13-11(20)3-2-4-17-13/h2-4,9-10,16,20H,5-8H2,1H3,(H,18,22)/t9-,10-/m0/s1. The van der Waals surface area contributed by atoms with Crippen molar-refractivity contribution in [3.63, 3.8) is 0 Å². The van der Waals surface area contributed by atoms with Crippen LogP contribution in [0.1, 0.15) is 16.9 Å². The Bertz CT molecular complexity index is 555. The van der Waals surface area contributed by atoms with E-state index < -0.39 is 12.1 Å². The highest BCUT2D eigenvalue weighted by molar-refractivity contribution is 5.96. The molecule has 1 aromatic rings. The van der Waals surface area contributed by atoms with Gasteiger partial charge in [-0.1, -0.05) is 0 Å². The number of hydrogen-bond donors (Lipinski definition) is 3. The van der Waals surface area contributed by atoms with E-state index in [1.807, 2.05) is 0 Å². The zero-order valence-corrected chi connectivity index (χ0v) is 12.3. The molecule has 1 fully saturated rings. The van der Waals surface area contributed by atoms with Crippen molar-refractivity contribution in [3.05, 3.63) is 24.0 Å². The molecule has 8 heteroatoms. The van der Waals surface area contributed by atoms with Gasteiger partial charge >= 0.3 is 0 Å². The summed E-state index contributed by atoms with van der Waals surface area (Å²) >= 11 is 0. The molecule has 0 aromatic carbocycles. The summed E-state index contributed by atoms with van der Waals surface area (Å²) in [6, 6.07) is 2.61. The summed E-state index contributed by atoms with van der Waals surface area (Å²) in [5, 5.41) is 14.8. The largest absolute Gasteiger partial charge is 0.505 e. The number of likely N-dealkylation sites (N-methyl/N-ethyl adjacent to an activating group) is 1. The van der Waals surface area contributed by atoms with Crippen molar-refractivity contribution in [2.75, 3.05) is 26.7 Å². The highest BCUT2D eigenvalue weighted by atomic mass is 19.1. The van der Waals surface area contributed by atoms with Gasteiger partial charge in [0, 0.05) is 25.2 Å². The summed E-state index contributed by atoms with van der Waals surface area (Å²) in [5.74, 6) is -1.26. The van der Waals surface area contributed by atoms with Crippen molar-refractivity contribution in [1.29, 1.82) is 0 Å². The first-order valence-electron chi connectivity index (χ1n) is 7.03. The molecule has 0 aliphatic carbocycles. The van der Waals surface area contributed by atoms with Crippen LogP contribution in [0.3, 0.4) is 0 Å². The maximum Gasteiger partial charge on any atom is 0.274 e. The third-order valence-electron chi connectivity index (χ3n) is 3.53. The molecule has 0 bridgehead atoms. The zero-order chi connectivity index (χ0) is 16.1. The first-order valence-corrected chi connectivity index (χ1v) is 7.03. The van der Waals surface area contributed by atoms with E-state index in [2.05, 4.69) is 15.6 Å². The van der Waals surface area contributed by atoms with E-state index in [-0.39, 0.29) is 36.5 Å². The minimum atomic E-state index is -1.04. The molecule has 2 heterocycles. The van der Waals surface area contributed by atoms with Gasteiger partial charge in [0.25, 0.3) is 5.91 Å². The molecular formula is C14H19FN4O3. The number of nitrogens with one attached hydrogen (secondary N) is 2. The van der Waals surface area contributed by atoms with Crippen LogP contribution in [0.4, 0.5) is 4.39 Å². The highest BCUT2D eigenvalue weighted by Crippen LogP contribution is 2.20. The molecule has 3 N–H and O–H groups in total. The number of carbonyl (C=O) groups excluding carboxylic acids is 2. The summed E-state index contributed by atoms with van der Waals surface area (Å²) < 4.78 is 13.5. The second-order valence-corrected chi connectivity index (χ2v) is 5.14. The van der Waals surface area contributed by atoms with E-state index in [0.29, 0.717) is 13.0 Å². The van der Waals surface area contributed by atoms with Gasteiger partial charge < -0.3 is 20.6 Å². The average molecular weight is 310 g/mol. The molecule has 2 rings (SSSR count). The van der Waals surface area contributed by atoms with Gasteiger partial charge in [0.1, 0.15) is 11.9 Å². The molecule has 0 radical (unpaired) electrons. The topological polar surface area (TPSA) is 94.6 Å². The van der Waals surface area contributed by atoms with Crippen LogP contribution in [0.15, 0.2) is 18.3 Å². The number of halogens is 1. The molecule has 2 atom stereocenters. The fraction of sp³-hybridized carbons (Fsp3) is 0.500. The van der Waals surface area contributed by atoms with Gasteiger partial charge in [-0.3, -0.25) is 9.59 Å². The van der Waals surface area contributed by atoms with Gasteiger partial charge in [-0.05, 0) is 19.2 Å². The molecule has 1 aliphatic heterocycles. The monoisotopic (exact) mass is 310 g/mol. The Labute approximate surface area is 127 Å². The van der Waals surface area contributed by atoms with E-state index in [1.165, 1.54) is 23.2 Å². The number of carbonyl (C=O) groups is 2. The number of rotatable bonds is 5. The normalized spacial score (nSPS) is 20.9. The number of alkyl halides is 1. The maximum atomic E-state index is 13.5. The van der Waals surface area contributed by atoms with Gasteiger partial charge in [-0.15, -0.1) is 0 Å². The number of pyridine rings is 1. The van der Waals surface area contributed by atoms with Crippen molar-refractivity contribution < 1.29 is 19.1 Å². The predicted octanol–water partition coefficient (Wildman–Crippen LogP) is -0.325. The van der Waals surface area contributed by atoms with Crippen molar-refractivity contribution in [3.8, 4) is 5.75 Å². The van der Waals surface area contributed by atoms with Crippen LogP contribution in [0.5, 0.6) is 5.75 Å². The van der Waals surface area contributed by atoms with Crippen LogP contribution in [-0.4, -0.2) is 65.7 Å². The lowest BCUT2D eigenvalue weighted by Gasteiger charge is -2.24. The second-order valence-electron chi connectivity index (χ2n) is 5.14. The molecule has 1 aromatic heterocycles. The van der Waals surface area contributed by atoms with Crippen molar-refractivity contribution in [1.82, 2.24) is 20.5 Å². The Morgan fingerprint density at radius 1 is 1.55 bits per heavy atom. The van der Waals surface area contributed by atoms with Gasteiger partial charge in [0.15, 0.2) is 5.69 Å². The van der Waals surface area contributed by atoms with Gasteiger partial charge in [-0.25, -0.2) is 9.37 Å². The third kappa shape index (κ3) is 3.70. The summed E-state index contributed by atoms with van der Waals surface area (Å²) in [4.78, 5) is 29.2.